The van der Waals surface area contributed by atoms with E-state index in [2.05, 4.69) is 5.32 Å². The normalized spacial score (nSPS) is 41.7. The van der Waals surface area contributed by atoms with E-state index in [4.69, 9.17) is 4.74 Å². The fourth-order valence-electron chi connectivity index (χ4n) is 2.30. The van der Waals surface area contributed by atoms with Crippen molar-refractivity contribution < 1.29 is 4.74 Å². The summed E-state index contributed by atoms with van der Waals surface area (Å²) in [5.74, 6) is 1.84. The molecule has 0 aromatic heterocycles. The highest BCUT2D eigenvalue weighted by Gasteiger charge is 2.36. The van der Waals surface area contributed by atoms with E-state index in [1.807, 2.05) is 7.11 Å². The molecule has 1 saturated carbocycles. The van der Waals surface area contributed by atoms with E-state index in [0.717, 1.165) is 11.8 Å². The molecule has 3 atom stereocenters. The minimum Gasteiger partial charge on any atom is -0.381 e. The van der Waals surface area contributed by atoms with Crippen molar-refractivity contribution in [3.63, 3.8) is 0 Å². The lowest BCUT2D eigenvalue weighted by Gasteiger charge is -2.07. The van der Waals surface area contributed by atoms with Crippen LogP contribution < -0.4 is 5.32 Å². The summed E-state index contributed by atoms with van der Waals surface area (Å²) in [6.07, 6.45) is 3.14. The SMILES string of the molecule is CO[C@H]1C[C@H]2CNC[C@H]2C1.Cl. The first-order valence-corrected chi connectivity index (χ1v) is 4.13. The summed E-state index contributed by atoms with van der Waals surface area (Å²) in [5, 5.41) is 3.41. The molecule has 1 aliphatic carbocycles. The summed E-state index contributed by atoms with van der Waals surface area (Å²) in [6.45, 7) is 2.45. The number of nitrogens with one attached hydrogen (secondary N) is 1. The van der Waals surface area contributed by atoms with Gasteiger partial charge in [-0.15, -0.1) is 12.4 Å². The molecule has 2 rings (SSSR count). The minimum atomic E-state index is 0. The molecule has 0 bridgehead atoms. The summed E-state index contributed by atoms with van der Waals surface area (Å²) in [7, 11) is 1.83. The molecule has 1 aliphatic heterocycles. The number of fused-ring (bicyclic) bond motifs is 1. The van der Waals surface area contributed by atoms with Gasteiger partial charge in [0.05, 0.1) is 6.10 Å². The molecule has 2 aliphatic rings. The average Bonchev–Trinajstić information content (AvgIpc) is 2.42. The van der Waals surface area contributed by atoms with E-state index in [1.165, 1.54) is 25.9 Å². The zero-order chi connectivity index (χ0) is 6.97. The zero-order valence-electron chi connectivity index (χ0n) is 6.88. The minimum absolute atomic E-state index is 0. The van der Waals surface area contributed by atoms with Crippen LogP contribution in [0.15, 0.2) is 0 Å². The molecule has 66 valence electrons. The predicted octanol–water partition coefficient (Wildman–Crippen LogP) is 1.05. The van der Waals surface area contributed by atoms with Gasteiger partial charge in [0.25, 0.3) is 0 Å². The molecule has 0 spiro atoms. The average molecular weight is 178 g/mol. The fraction of sp³-hybridized carbons (Fsp3) is 1.00. The molecule has 11 heavy (non-hydrogen) atoms. The van der Waals surface area contributed by atoms with E-state index in [0.29, 0.717) is 6.10 Å². The standard InChI is InChI=1S/C8H15NO.ClH/c1-10-8-2-6-4-9-5-7(6)3-8;/h6-9H,2-5H2,1H3;1H/t6-,7+,8-;. The third-order valence-electron chi connectivity index (χ3n) is 2.94. The van der Waals surface area contributed by atoms with E-state index in [1.54, 1.807) is 0 Å². The molecule has 3 heteroatoms. The van der Waals surface area contributed by atoms with Crippen LogP contribution in [0, 0.1) is 11.8 Å². The van der Waals surface area contributed by atoms with Crippen molar-refractivity contribution in [2.45, 2.75) is 18.9 Å². The molecule has 1 N–H and O–H groups in total. The van der Waals surface area contributed by atoms with Gasteiger partial charge in [-0.3, -0.25) is 0 Å². The van der Waals surface area contributed by atoms with E-state index >= 15 is 0 Å². The van der Waals surface area contributed by atoms with Gasteiger partial charge in [-0.1, -0.05) is 0 Å². The van der Waals surface area contributed by atoms with Crippen LogP contribution in [0.3, 0.4) is 0 Å². The van der Waals surface area contributed by atoms with Crippen molar-refractivity contribution in [1.82, 2.24) is 5.32 Å². The second-order valence-corrected chi connectivity index (χ2v) is 3.51. The van der Waals surface area contributed by atoms with Gasteiger partial charge in [0.15, 0.2) is 0 Å². The Morgan fingerprint density at radius 2 is 1.73 bits per heavy atom. The number of halogens is 1. The van der Waals surface area contributed by atoms with Crippen molar-refractivity contribution >= 4 is 12.4 Å². The van der Waals surface area contributed by atoms with Gasteiger partial charge in [-0.25, -0.2) is 0 Å². The lowest BCUT2D eigenvalue weighted by molar-refractivity contribution is 0.102. The fourth-order valence-corrected chi connectivity index (χ4v) is 2.30. The predicted molar refractivity (Wildman–Crippen MR) is 47.1 cm³/mol. The monoisotopic (exact) mass is 177 g/mol. The molecule has 2 fully saturated rings. The molecule has 2 nitrogen and oxygen atoms in total. The van der Waals surface area contributed by atoms with Crippen LogP contribution in [0.4, 0.5) is 0 Å². The van der Waals surface area contributed by atoms with Crippen molar-refractivity contribution in [3.05, 3.63) is 0 Å². The summed E-state index contributed by atoms with van der Waals surface area (Å²) in [6, 6.07) is 0. The topological polar surface area (TPSA) is 21.3 Å². The highest BCUT2D eigenvalue weighted by Crippen LogP contribution is 2.35. The second kappa shape index (κ2) is 3.74. The Kier molecular flexibility index (Phi) is 3.16. The zero-order valence-corrected chi connectivity index (χ0v) is 7.69. The molecule has 1 heterocycles. The first kappa shape index (κ1) is 9.30. The van der Waals surface area contributed by atoms with Gasteiger partial charge in [0, 0.05) is 7.11 Å². The molecule has 0 radical (unpaired) electrons. The molecular formula is C8H16ClNO. The Morgan fingerprint density at radius 3 is 2.18 bits per heavy atom. The van der Waals surface area contributed by atoms with Crippen LogP contribution >= 0.6 is 12.4 Å². The van der Waals surface area contributed by atoms with Crippen LogP contribution in [-0.4, -0.2) is 26.3 Å². The molecule has 0 amide bonds. The number of rotatable bonds is 1. The van der Waals surface area contributed by atoms with Crippen LogP contribution in [0.2, 0.25) is 0 Å². The van der Waals surface area contributed by atoms with Gasteiger partial charge in [0.2, 0.25) is 0 Å². The van der Waals surface area contributed by atoms with Crippen LogP contribution in [0.25, 0.3) is 0 Å². The maximum Gasteiger partial charge on any atom is 0.0577 e. The van der Waals surface area contributed by atoms with Gasteiger partial charge in [-0.05, 0) is 37.8 Å². The Hall–Kier alpha value is 0.210. The van der Waals surface area contributed by atoms with E-state index in [-0.39, 0.29) is 12.4 Å². The van der Waals surface area contributed by atoms with Crippen LogP contribution in [0.5, 0.6) is 0 Å². The smallest absolute Gasteiger partial charge is 0.0577 e. The Labute approximate surface area is 74.1 Å². The van der Waals surface area contributed by atoms with E-state index < -0.39 is 0 Å². The number of hydrogen-bond donors (Lipinski definition) is 1. The lowest BCUT2D eigenvalue weighted by atomic mass is 10.0. The molecule has 0 aromatic carbocycles. The third kappa shape index (κ3) is 1.68. The van der Waals surface area contributed by atoms with Gasteiger partial charge < -0.3 is 10.1 Å². The lowest BCUT2D eigenvalue weighted by Crippen LogP contribution is -2.15. The Balaban J connectivity index is 0.000000605. The summed E-state index contributed by atoms with van der Waals surface area (Å²) >= 11 is 0. The molecular weight excluding hydrogens is 162 g/mol. The van der Waals surface area contributed by atoms with Crippen molar-refractivity contribution in [1.29, 1.82) is 0 Å². The van der Waals surface area contributed by atoms with Gasteiger partial charge in [0.1, 0.15) is 0 Å². The Morgan fingerprint density at radius 1 is 1.18 bits per heavy atom. The van der Waals surface area contributed by atoms with Gasteiger partial charge in [-0.2, -0.15) is 0 Å². The van der Waals surface area contributed by atoms with E-state index in [9.17, 15) is 0 Å². The summed E-state index contributed by atoms with van der Waals surface area (Å²) < 4.78 is 5.32. The molecule has 1 saturated heterocycles. The number of methoxy groups -OCH3 is 1. The highest BCUT2D eigenvalue weighted by atomic mass is 35.5. The summed E-state index contributed by atoms with van der Waals surface area (Å²) in [5.41, 5.74) is 0. The summed E-state index contributed by atoms with van der Waals surface area (Å²) in [4.78, 5) is 0. The third-order valence-corrected chi connectivity index (χ3v) is 2.94. The maximum atomic E-state index is 5.32. The quantitative estimate of drug-likeness (QED) is 0.647. The molecule has 0 aromatic rings. The number of ether oxygens (including phenoxy) is 1. The van der Waals surface area contributed by atoms with Crippen LogP contribution in [0.1, 0.15) is 12.8 Å². The van der Waals surface area contributed by atoms with Crippen molar-refractivity contribution in [2.75, 3.05) is 20.2 Å². The van der Waals surface area contributed by atoms with Gasteiger partial charge >= 0.3 is 0 Å². The first-order valence-electron chi connectivity index (χ1n) is 4.13. The highest BCUT2D eigenvalue weighted by molar-refractivity contribution is 5.85. The largest absolute Gasteiger partial charge is 0.381 e. The Bertz CT molecular complexity index is 119. The van der Waals surface area contributed by atoms with Crippen molar-refractivity contribution in [2.24, 2.45) is 11.8 Å². The molecule has 0 unspecified atom stereocenters. The maximum absolute atomic E-state index is 5.32. The van der Waals surface area contributed by atoms with Crippen LogP contribution in [-0.2, 0) is 4.74 Å². The first-order chi connectivity index (χ1) is 4.90. The van der Waals surface area contributed by atoms with Crippen molar-refractivity contribution in [3.8, 4) is 0 Å². The number of hydrogen-bond acceptors (Lipinski definition) is 2. The second-order valence-electron chi connectivity index (χ2n) is 3.51.